The Morgan fingerprint density at radius 3 is 2.50 bits per heavy atom. The Bertz CT molecular complexity index is 587. The first-order valence-corrected chi connectivity index (χ1v) is 5.04. The van der Waals surface area contributed by atoms with E-state index >= 15 is 0 Å². The topological polar surface area (TPSA) is 68.0 Å². The Hall–Kier alpha value is -2.50. The van der Waals surface area contributed by atoms with Crippen LogP contribution in [0.2, 0.25) is 0 Å². The van der Waals surface area contributed by atoms with Crippen molar-refractivity contribution in [2.75, 3.05) is 11.1 Å². The van der Waals surface area contributed by atoms with Crippen LogP contribution in [0.4, 0.5) is 20.2 Å². The molecule has 1 aromatic carbocycles. The lowest BCUT2D eigenvalue weighted by molar-refractivity contribution is 0.101. The summed E-state index contributed by atoms with van der Waals surface area (Å²) in [4.78, 5) is 15.5. The Labute approximate surface area is 101 Å². The average molecular weight is 249 g/mol. The second-order valence-corrected chi connectivity index (χ2v) is 3.52. The summed E-state index contributed by atoms with van der Waals surface area (Å²) in [7, 11) is 0. The van der Waals surface area contributed by atoms with Gasteiger partial charge in [0, 0.05) is 18.1 Å². The second kappa shape index (κ2) is 4.79. The maximum Gasteiger partial charge on any atom is 0.261 e. The molecule has 0 aliphatic carbocycles. The summed E-state index contributed by atoms with van der Waals surface area (Å²) < 4.78 is 27.0. The molecule has 1 heterocycles. The van der Waals surface area contributed by atoms with Gasteiger partial charge in [0.15, 0.2) is 5.82 Å². The van der Waals surface area contributed by atoms with Crippen molar-refractivity contribution in [3.63, 3.8) is 0 Å². The first-order valence-electron chi connectivity index (χ1n) is 5.04. The molecule has 0 aliphatic rings. The van der Waals surface area contributed by atoms with Gasteiger partial charge >= 0.3 is 0 Å². The number of nitrogens with one attached hydrogen (secondary N) is 1. The van der Waals surface area contributed by atoms with Gasteiger partial charge in [-0.25, -0.2) is 8.78 Å². The predicted molar refractivity (Wildman–Crippen MR) is 63.0 cm³/mol. The molecule has 2 aromatic rings. The highest BCUT2D eigenvalue weighted by molar-refractivity contribution is 6.05. The van der Waals surface area contributed by atoms with Crippen molar-refractivity contribution in [2.24, 2.45) is 0 Å². The SMILES string of the molecule is Nc1ccc(F)c(C(=O)Nc2ccncc2)c1F. The first kappa shape index (κ1) is 12.0. The lowest BCUT2D eigenvalue weighted by atomic mass is 10.1. The Morgan fingerprint density at radius 1 is 1.17 bits per heavy atom. The molecule has 0 radical (unpaired) electrons. The zero-order chi connectivity index (χ0) is 13.1. The molecule has 0 fully saturated rings. The van der Waals surface area contributed by atoms with Crippen LogP contribution in [0.1, 0.15) is 10.4 Å². The molecule has 0 saturated carbocycles. The molecule has 0 atom stereocenters. The van der Waals surface area contributed by atoms with E-state index in [-0.39, 0.29) is 5.69 Å². The van der Waals surface area contributed by atoms with Gasteiger partial charge in [-0.05, 0) is 24.3 Å². The first-order chi connectivity index (χ1) is 8.59. The third kappa shape index (κ3) is 2.27. The van der Waals surface area contributed by atoms with Crippen molar-refractivity contribution in [2.45, 2.75) is 0 Å². The summed E-state index contributed by atoms with van der Waals surface area (Å²) in [6.07, 6.45) is 2.89. The molecular weight excluding hydrogens is 240 g/mol. The fraction of sp³-hybridized carbons (Fsp3) is 0. The quantitative estimate of drug-likeness (QED) is 0.801. The van der Waals surface area contributed by atoms with Crippen LogP contribution in [-0.2, 0) is 0 Å². The van der Waals surface area contributed by atoms with Gasteiger partial charge in [-0.3, -0.25) is 9.78 Å². The Kier molecular flexibility index (Phi) is 3.18. The van der Waals surface area contributed by atoms with Gasteiger partial charge in [0.1, 0.15) is 11.4 Å². The van der Waals surface area contributed by atoms with E-state index in [1.807, 2.05) is 0 Å². The monoisotopic (exact) mass is 249 g/mol. The maximum absolute atomic E-state index is 13.6. The molecule has 6 heteroatoms. The van der Waals surface area contributed by atoms with Gasteiger partial charge in [0.2, 0.25) is 0 Å². The summed E-state index contributed by atoms with van der Waals surface area (Å²) in [6, 6.07) is 5.01. The predicted octanol–water partition coefficient (Wildman–Crippen LogP) is 2.19. The van der Waals surface area contributed by atoms with Gasteiger partial charge in [0.05, 0.1) is 5.69 Å². The highest BCUT2D eigenvalue weighted by atomic mass is 19.1. The van der Waals surface area contributed by atoms with E-state index in [4.69, 9.17) is 5.73 Å². The number of carbonyl (C=O) groups excluding carboxylic acids is 1. The smallest absolute Gasteiger partial charge is 0.261 e. The van der Waals surface area contributed by atoms with Crippen LogP contribution in [0.3, 0.4) is 0 Å². The van der Waals surface area contributed by atoms with Gasteiger partial charge in [-0.1, -0.05) is 0 Å². The molecule has 0 spiro atoms. The van der Waals surface area contributed by atoms with Crippen LogP contribution in [0, 0.1) is 11.6 Å². The number of hydrogen-bond donors (Lipinski definition) is 2. The standard InChI is InChI=1S/C12H9F2N3O/c13-8-1-2-9(15)11(14)10(8)12(18)17-7-3-5-16-6-4-7/h1-6H,15H2,(H,16,17,18). The van der Waals surface area contributed by atoms with E-state index in [0.29, 0.717) is 5.69 Å². The molecule has 0 saturated heterocycles. The fourth-order valence-electron chi connectivity index (χ4n) is 1.41. The number of hydrogen-bond acceptors (Lipinski definition) is 3. The third-order valence-corrected chi connectivity index (χ3v) is 2.29. The summed E-state index contributed by atoms with van der Waals surface area (Å²) in [5, 5.41) is 2.35. The zero-order valence-electron chi connectivity index (χ0n) is 9.15. The van der Waals surface area contributed by atoms with Crippen molar-refractivity contribution in [3.8, 4) is 0 Å². The van der Waals surface area contributed by atoms with Crippen LogP contribution < -0.4 is 11.1 Å². The largest absolute Gasteiger partial charge is 0.396 e. The number of rotatable bonds is 2. The highest BCUT2D eigenvalue weighted by Gasteiger charge is 2.19. The maximum atomic E-state index is 13.6. The minimum atomic E-state index is -1.07. The zero-order valence-corrected chi connectivity index (χ0v) is 9.15. The molecule has 4 nitrogen and oxygen atoms in total. The molecule has 0 aliphatic heterocycles. The number of nitrogens with zero attached hydrogens (tertiary/aromatic N) is 1. The molecule has 2 rings (SSSR count). The van der Waals surface area contributed by atoms with E-state index in [1.165, 1.54) is 24.5 Å². The van der Waals surface area contributed by atoms with Crippen molar-refractivity contribution in [3.05, 3.63) is 53.9 Å². The van der Waals surface area contributed by atoms with Gasteiger partial charge in [-0.15, -0.1) is 0 Å². The highest BCUT2D eigenvalue weighted by Crippen LogP contribution is 2.19. The van der Waals surface area contributed by atoms with Crippen LogP contribution in [-0.4, -0.2) is 10.9 Å². The summed E-state index contributed by atoms with van der Waals surface area (Å²) in [6.45, 7) is 0. The Morgan fingerprint density at radius 2 is 1.83 bits per heavy atom. The molecule has 0 bridgehead atoms. The number of halogens is 2. The number of nitrogen functional groups attached to an aromatic ring is 1. The van der Waals surface area contributed by atoms with E-state index in [9.17, 15) is 13.6 Å². The molecule has 1 aromatic heterocycles. The molecular formula is C12H9F2N3O. The summed E-state index contributed by atoms with van der Waals surface area (Å²) >= 11 is 0. The second-order valence-electron chi connectivity index (χ2n) is 3.52. The normalized spacial score (nSPS) is 10.1. The minimum Gasteiger partial charge on any atom is -0.396 e. The number of pyridine rings is 1. The number of aromatic nitrogens is 1. The minimum absolute atomic E-state index is 0.281. The lowest BCUT2D eigenvalue weighted by Crippen LogP contribution is -2.16. The molecule has 92 valence electrons. The molecule has 3 N–H and O–H groups in total. The third-order valence-electron chi connectivity index (χ3n) is 2.29. The number of carbonyl (C=O) groups is 1. The van der Waals surface area contributed by atoms with E-state index in [2.05, 4.69) is 10.3 Å². The lowest BCUT2D eigenvalue weighted by Gasteiger charge is -2.08. The van der Waals surface area contributed by atoms with Crippen LogP contribution in [0.5, 0.6) is 0 Å². The molecule has 0 unspecified atom stereocenters. The number of benzene rings is 1. The Balaban J connectivity index is 2.33. The number of amides is 1. The van der Waals surface area contributed by atoms with Crippen molar-refractivity contribution in [1.29, 1.82) is 0 Å². The number of anilines is 2. The fourth-order valence-corrected chi connectivity index (χ4v) is 1.41. The van der Waals surface area contributed by atoms with Crippen LogP contribution in [0.15, 0.2) is 36.7 Å². The summed E-state index contributed by atoms with van der Waals surface area (Å²) in [5.41, 5.74) is 4.69. The average Bonchev–Trinajstić information content (AvgIpc) is 2.36. The summed E-state index contributed by atoms with van der Waals surface area (Å²) in [5.74, 6) is -2.93. The van der Waals surface area contributed by atoms with Crippen molar-refractivity contribution < 1.29 is 13.6 Å². The van der Waals surface area contributed by atoms with E-state index in [1.54, 1.807) is 0 Å². The van der Waals surface area contributed by atoms with Crippen LogP contribution >= 0.6 is 0 Å². The van der Waals surface area contributed by atoms with Crippen molar-refractivity contribution >= 4 is 17.3 Å². The molecule has 1 amide bonds. The van der Waals surface area contributed by atoms with Crippen molar-refractivity contribution in [1.82, 2.24) is 4.98 Å². The number of nitrogens with two attached hydrogens (primary N) is 1. The van der Waals surface area contributed by atoms with E-state index < -0.39 is 23.1 Å². The van der Waals surface area contributed by atoms with Gasteiger partial charge < -0.3 is 11.1 Å². The van der Waals surface area contributed by atoms with Gasteiger partial charge in [-0.2, -0.15) is 0 Å². The molecule has 18 heavy (non-hydrogen) atoms. The van der Waals surface area contributed by atoms with Crippen LogP contribution in [0.25, 0.3) is 0 Å². The van der Waals surface area contributed by atoms with E-state index in [0.717, 1.165) is 12.1 Å². The van der Waals surface area contributed by atoms with Gasteiger partial charge in [0.25, 0.3) is 5.91 Å².